The van der Waals surface area contributed by atoms with E-state index < -0.39 is 5.79 Å². The average molecular weight is 744 g/mol. The number of aromatic nitrogens is 2. The van der Waals surface area contributed by atoms with Crippen molar-refractivity contribution in [2.24, 2.45) is 5.92 Å². The van der Waals surface area contributed by atoms with Crippen LogP contribution in [0.4, 0.5) is 5.82 Å². The van der Waals surface area contributed by atoms with Gasteiger partial charge in [-0.1, -0.05) is 19.3 Å². The summed E-state index contributed by atoms with van der Waals surface area (Å²) < 4.78 is 19.8. The summed E-state index contributed by atoms with van der Waals surface area (Å²) in [7, 11) is 2.33. The third kappa shape index (κ3) is 7.85. The van der Waals surface area contributed by atoms with Gasteiger partial charge in [-0.3, -0.25) is 9.59 Å². The van der Waals surface area contributed by atoms with Crippen LogP contribution in [0, 0.1) is 19.8 Å². The summed E-state index contributed by atoms with van der Waals surface area (Å²) in [6, 6.07) is 9.23. The molecule has 0 radical (unpaired) electrons. The van der Waals surface area contributed by atoms with E-state index in [1.54, 1.807) is 0 Å². The van der Waals surface area contributed by atoms with Crippen LogP contribution in [0.15, 0.2) is 40.2 Å². The highest BCUT2D eigenvalue weighted by atomic mass is 32.2. The number of nitrogens with one attached hydrogen (secondary N) is 2. The smallest absolute Gasteiger partial charge is 0.254 e. The number of thioether (sulfide) groups is 1. The van der Waals surface area contributed by atoms with Gasteiger partial charge < -0.3 is 34.3 Å². The van der Waals surface area contributed by atoms with E-state index in [0.717, 1.165) is 71.9 Å². The Morgan fingerprint density at radius 1 is 1.00 bits per heavy atom. The zero-order chi connectivity index (χ0) is 37.4. The second-order valence-corrected chi connectivity index (χ2v) is 16.9. The lowest BCUT2D eigenvalue weighted by atomic mass is 9.80. The molecule has 1 saturated heterocycles. The molecule has 11 heteroatoms. The maximum atomic E-state index is 14.1. The summed E-state index contributed by atoms with van der Waals surface area (Å²) in [5.41, 5.74) is 3.96. The summed E-state index contributed by atoms with van der Waals surface area (Å²) in [5, 5.41) is 3.04. The second kappa shape index (κ2) is 15.7. The Hall–Kier alpha value is -3.54. The van der Waals surface area contributed by atoms with Gasteiger partial charge in [0.05, 0.1) is 12.2 Å². The van der Waals surface area contributed by atoms with Crippen molar-refractivity contribution in [3.05, 3.63) is 63.2 Å². The van der Waals surface area contributed by atoms with Gasteiger partial charge in [0.1, 0.15) is 5.82 Å². The fourth-order valence-electron chi connectivity index (χ4n) is 9.19. The van der Waals surface area contributed by atoms with Gasteiger partial charge in [-0.25, -0.2) is 4.98 Å². The highest BCUT2D eigenvalue weighted by Gasteiger charge is 2.48. The topological polar surface area (TPSA) is 109 Å². The molecule has 3 unspecified atom stereocenters. The number of pyridine rings is 2. The zero-order valence-electron chi connectivity index (χ0n) is 32.5. The van der Waals surface area contributed by atoms with Gasteiger partial charge in [-0.05, 0) is 104 Å². The number of ether oxygens (including phenoxy) is 3. The number of nitrogens with zero attached hydrogens (tertiary/aromatic N) is 3. The van der Waals surface area contributed by atoms with Gasteiger partial charge in [0.15, 0.2) is 11.5 Å². The minimum absolute atomic E-state index is 0.108. The molecule has 0 bridgehead atoms. The van der Waals surface area contributed by atoms with E-state index in [1.165, 1.54) is 43.9 Å². The lowest BCUT2D eigenvalue weighted by Crippen LogP contribution is -2.48. The van der Waals surface area contributed by atoms with Gasteiger partial charge in [0.2, 0.25) is 0 Å². The standard InChI is InChI=1S/C42H57N5O5S/c1-25-19-36(53-7)35(41(49)45-25)22-44-40(48)33-20-34(29-13-18-37(43-21-29)47-23-26(2)50-27(3)24-47)39-38(28(33)4)51-42(5,52-39)30-14-16-32(17-15-30)46(6)31-11-9-8-10-12-31/h13,18-21,26-27,30-32H,8-12,14-17,22-24H2,1-7H3,(H,44,48)(H,45,49). The molecule has 1 aromatic carbocycles. The Morgan fingerprint density at radius 2 is 1.68 bits per heavy atom. The van der Waals surface area contributed by atoms with Crippen LogP contribution < -0.4 is 25.2 Å². The van der Waals surface area contributed by atoms with Crippen LogP contribution in [0.2, 0.25) is 0 Å². The Kier molecular flexibility index (Phi) is 11.2. The molecule has 1 amide bonds. The summed E-state index contributed by atoms with van der Waals surface area (Å²) in [6.45, 7) is 11.7. The summed E-state index contributed by atoms with van der Waals surface area (Å²) >= 11 is 1.50. The molecule has 3 aromatic rings. The van der Waals surface area contributed by atoms with E-state index in [-0.39, 0.29) is 36.1 Å². The predicted molar refractivity (Wildman–Crippen MR) is 211 cm³/mol. The van der Waals surface area contributed by atoms with Crippen LogP contribution in [0.5, 0.6) is 11.5 Å². The molecule has 2 aromatic heterocycles. The van der Waals surface area contributed by atoms with E-state index >= 15 is 0 Å². The highest BCUT2D eigenvalue weighted by molar-refractivity contribution is 7.98. The largest absolute Gasteiger partial charge is 0.448 e. The zero-order valence-corrected chi connectivity index (χ0v) is 33.4. The van der Waals surface area contributed by atoms with E-state index in [4.69, 9.17) is 19.2 Å². The molecule has 2 aliphatic heterocycles. The van der Waals surface area contributed by atoms with Crippen LogP contribution in [-0.2, 0) is 11.3 Å². The molecule has 7 rings (SSSR count). The third-order valence-electron chi connectivity index (χ3n) is 12.2. The lowest BCUT2D eigenvalue weighted by Gasteiger charge is -2.43. The fourth-order valence-corrected chi connectivity index (χ4v) is 9.90. The van der Waals surface area contributed by atoms with Crippen LogP contribution >= 0.6 is 11.8 Å². The molecular weight excluding hydrogens is 687 g/mol. The normalized spacial score (nSPS) is 26.2. The number of benzene rings is 1. The summed E-state index contributed by atoms with van der Waals surface area (Å²) in [4.78, 5) is 40.5. The SMILES string of the molecule is CSc1cc(C)[nH]c(=O)c1CNC(=O)c1cc(-c2ccc(N3CC(C)OC(C)C3)nc2)c2c(c1C)OC(C)(C1CCC(N(C)C3CCCCC3)CC1)O2. The number of carbonyl (C=O) groups is 1. The second-order valence-electron chi connectivity index (χ2n) is 16.0. The number of aromatic amines is 1. The van der Waals surface area contributed by atoms with Crippen molar-refractivity contribution in [1.82, 2.24) is 20.2 Å². The molecule has 0 spiro atoms. The number of rotatable bonds is 9. The average Bonchev–Trinajstić information content (AvgIpc) is 3.53. The first-order valence-electron chi connectivity index (χ1n) is 19.6. The van der Waals surface area contributed by atoms with Crippen molar-refractivity contribution < 1.29 is 19.0 Å². The van der Waals surface area contributed by atoms with Gasteiger partial charge in [-0.2, -0.15) is 0 Å². The fraction of sp³-hybridized carbons (Fsp3) is 0.595. The molecule has 3 fully saturated rings. The molecule has 3 atom stereocenters. The number of morpholine rings is 1. The minimum atomic E-state index is -0.860. The molecule has 53 heavy (non-hydrogen) atoms. The lowest BCUT2D eigenvalue weighted by molar-refractivity contribution is -0.124. The van der Waals surface area contributed by atoms with E-state index in [2.05, 4.69) is 54.0 Å². The van der Waals surface area contributed by atoms with Gasteiger partial charge in [0, 0.05) is 89.2 Å². The number of anilines is 1. The molecule has 2 N–H and O–H groups in total. The first-order chi connectivity index (χ1) is 25.4. The molecule has 4 aliphatic rings. The Balaban J connectivity index is 1.17. The van der Waals surface area contributed by atoms with E-state index in [9.17, 15) is 9.59 Å². The maximum Gasteiger partial charge on any atom is 0.254 e. The first-order valence-corrected chi connectivity index (χ1v) is 20.9. The number of hydrogen-bond donors (Lipinski definition) is 2. The highest BCUT2D eigenvalue weighted by Crippen LogP contribution is 2.53. The first kappa shape index (κ1) is 37.8. The van der Waals surface area contributed by atoms with Gasteiger partial charge >= 0.3 is 0 Å². The summed E-state index contributed by atoms with van der Waals surface area (Å²) in [6.07, 6.45) is 15.0. The Morgan fingerprint density at radius 3 is 2.34 bits per heavy atom. The van der Waals surface area contributed by atoms with Crippen LogP contribution in [0.25, 0.3) is 11.1 Å². The van der Waals surface area contributed by atoms with Crippen LogP contribution in [0.3, 0.4) is 0 Å². The Labute approximate surface area is 318 Å². The van der Waals surface area contributed by atoms with Crippen LogP contribution in [-0.4, -0.2) is 77.2 Å². The Bertz CT molecular complexity index is 1840. The van der Waals surface area contributed by atoms with E-state index in [0.29, 0.717) is 34.7 Å². The van der Waals surface area contributed by atoms with Crippen LogP contribution in [0.1, 0.15) is 106 Å². The maximum absolute atomic E-state index is 14.1. The number of carbonyl (C=O) groups excluding carboxylic acids is 1. The number of H-pyrrole nitrogens is 1. The molecular formula is C42H57N5O5S. The molecule has 2 saturated carbocycles. The quantitative estimate of drug-likeness (QED) is 0.214. The monoisotopic (exact) mass is 743 g/mol. The number of amides is 1. The van der Waals surface area contributed by atoms with Crippen molar-refractivity contribution in [1.29, 1.82) is 0 Å². The summed E-state index contributed by atoms with van der Waals surface area (Å²) in [5.74, 6) is 1.23. The van der Waals surface area contributed by atoms with Crippen molar-refractivity contribution >= 4 is 23.5 Å². The van der Waals surface area contributed by atoms with Crippen molar-refractivity contribution in [3.8, 4) is 22.6 Å². The van der Waals surface area contributed by atoms with E-state index in [1.807, 2.05) is 44.5 Å². The third-order valence-corrected chi connectivity index (χ3v) is 13.0. The molecule has 286 valence electrons. The number of hydrogen-bond acceptors (Lipinski definition) is 9. The molecule has 10 nitrogen and oxygen atoms in total. The number of fused-ring (bicyclic) bond motifs is 1. The van der Waals surface area contributed by atoms with Gasteiger partial charge in [0.25, 0.3) is 17.3 Å². The molecule has 2 aliphatic carbocycles. The predicted octanol–water partition coefficient (Wildman–Crippen LogP) is 7.63. The van der Waals surface area contributed by atoms with Crippen molar-refractivity contribution in [3.63, 3.8) is 0 Å². The minimum Gasteiger partial charge on any atom is -0.448 e. The molecule has 4 heterocycles. The van der Waals surface area contributed by atoms with Crippen molar-refractivity contribution in [2.45, 2.75) is 134 Å². The van der Waals surface area contributed by atoms with Gasteiger partial charge in [-0.15, -0.1) is 11.8 Å². The number of aryl methyl sites for hydroxylation is 1. The van der Waals surface area contributed by atoms with Crippen molar-refractivity contribution in [2.75, 3.05) is 31.3 Å².